The predicted molar refractivity (Wildman–Crippen MR) is 115 cm³/mol. The van der Waals surface area contributed by atoms with E-state index in [1.54, 1.807) is 10.8 Å². The second kappa shape index (κ2) is 8.20. The van der Waals surface area contributed by atoms with Crippen LogP contribution in [0.25, 0.3) is 0 Å². The van der Waals surface area contributed by atoms with Crippen LogP contribution in [-0.4, -0.2) is 36.5 Å². The molecular formula is C18H29IN2O5Si. The number of ether oxygens (including phenoxy) is 1. The highest BCUT2D eigenvalue weighted by Gasteiger charge is 2.42. The predicted octanol–water partition coefficient (Wildman–Crippen LogP) is 3.05. The van der Waals surface area contributed by atoms with Gasteiger partial charge in [-0.1, -0.05) is 20.8 Å². The highest BCUT2D eigenvalue weighted by atomic mass is 127. The first kappa shape index (κ1) is 22.3. The fourth-order valence-corrected chi connectivity index (χ4v) is 4.58. The Morgan fingerprint density at radius 1 is 1.33 bits per heavy atom. The van der Waals surface area contributed by atoms with Crippen molar-refractivity contribution in [1.82, 2.24) is 9.55 Å². The topological polar surface area (TPSA) is 90.4 Å². The van der Waals surface area contributed by atoms with Gasteiger partial charge in [-0.3, -0.25) is 19.1 Å². The molecule has 152 valence electrons. The van der Waals surface area contributed by atoms with E-state index in [-0.39, 0.29) is 34.6 Å². The van der Waals surface area contributed by atoms with Gasteiger partial charge < -0.3 is 9.16 Å². The Hall–Kier alpha value is -0.943. The van der Waals surface area contributed by atoms with Crippen LogP contribution < -0.4 is 11.2 Å². The molecule has 1 aromatic rings. The number of rotatable bonds is 5. The summed E-state index contributed by atoms with van der Waals surface area (Å²) in [6, 6.07) is -0.139. The summed E-state index contributed by atoms with van der Waals surface area (Å²) in [7, 11) is -1.93. The van der Waals surface area contributed by atoms with Gasteiger partial charge in [0, 0.05) is 38.1 Å². The van der Waals surface area contributed by atoms with Crippen LogP contribution in [0.1, 0.15) is 46.6 Å². The van der Waals surface area contributed by atoms with E-state index in [4.69, 9.17) is 9.16 Å². The maximum atomic E-state index is 12.2. The molecular weight excluding hydrogens is 479 g/mol. The molecule has 0 aromatic carbocycles. The number of halogens is 1. The average Bonchev–Trinajstić information content (AvgIpc) is 2.89. The molecule has 1 aromatic heterocycles. The number of aromatic amines is 1. The Labute approximate surface area is 174 Å². The van der Waals surface area contributed by atoms with Crippen LogP contribution in [0, 0.1) is 9.49 Å². The van der Waals surface area contributed by atoms with E-state index in [1.807, 2.05) is 22.6 Å². The summed E-state index contributed by atoms with van der Waals surface area (Å²) in [5.41, 5.74) is -0.817. The number of hydrogen-bond acceptors (Lipinski definition) is 5. The van der Waals surface area contributed by atoms with Gasteiger partial charge in [0.25, 0.3) is 5.56 Å². The molecule has 1 saturated carbocycles. The molecule has 0 bridgehead atoms. The van der Waals surface area contributed by atoms with E-state index in [0.717, 1.165) is 0 Å². The Morgan fingerprint density at radius 3 is 2.52 bits per heavy atom. The van der Waals surface area contributed by atoms with Gasteiger partial charge in [-0.15, -0.1) is 0 Å². The van der Waals surface area contributed by atoms with E-state index in [9.17, 15) is 14.4 Å². The third-order valence-corrected chi connectivity index (χ3v) is 11.0. The molecule has 3 atom stereocenters. The first-order valence-electron chi connectivity index (χ1n) is 9.14. The lowest BCUT2D eigenvalue weighted by atomic mass is 10.1. The summed E-state index contributed by atoms with van der Waals surface area (Å²) in [6.07, 6.45) is 2.48. The van der Waals surface area contributed by atoms with Gasteiger partial charge >= 0.3 is 11.7 Å². The van der Waals surface area contributed by atoms with Crippen LogP contribution in [-0.2, 0) is 14.0 Å². The van der Waals surface area contributed by atoms with E-state index in [0.29, 0.717) is 23.0 Å². The minimum atomic E-state index is -1.93. The molecule has 1 aliphatic rings. The van der Waals surface area contributed by atoms with Gasteiger partial charge in [-0.25, -0.2) is 4.79 Å². The summed E-state index contributed by atoms with van der Waals surface area (Å²) in [4.78, 5) is 37.7. The number of esters is 1. The molecule has 7 nitrogen and oxygen atoms in total. The van der Waals surface area contributed by atoms with E-state index >= 15 is 0 Å². The molecule has 0 saturated heterocycles. The molecule has 2 rings (SSSR count). The van der Waals surface area contributed by atoms with Crippen LogP contribution >= 0.6 is 22.6 Å². The van der Waals surface area contributed by atoms with Crippen molar-refractivity contribution < 1.29 is 14.0 Å². The van der Waals surface area contributed by atoms with Crippen molar-refractivity contribution in [3.63, 3.8) is 0 Å². The van der Waals surface area contributed by atoms with Crippen molar-refractivity contribution in [2.45, 2.75) is 70.8 Å². The SMILES string of the molecule is CC(=O)O[C@@H]1CC(n2cc(I)c(=O)[nH]c2=O)C[C@@H]1CO[Si](C)(C)C(C)(C)C. The molecule has 9 heteroatoms. The summed E-state index contributed by atoms with van der Waals surface area (Å²) in [5.74, 6) is -0.314. The van der Waals surface area contributed by atoms with Gasteiger partial charge in [-0.05, 0) is 47.1 Å². The third kappa shape index (κ3) is 5.32. The lowest BCUT2D eigenvalue weighted by molar-refractivity contribution is -0.148. The van der Waals surface area contributed by atoms with Crippen molar-refractivity contribution in [1.29, 1.82) is 0 Å². The largest absolute Gasteiger partial charge is 0.462 e. The molecule has 0 amide bonds. The van der Waals surface area contributed by atoms with Crippen LogP contribution in [0.15, 0.2) is 15.8 Å². The Bertz CT molecular complexity index is 811. The number of nitrogens with zero attached hydrogens (tertiary/aromatic N) is 1. The van der Waals surface area contributed by atoms with Gasteiger partial charge in [0.1, 0.15) is 6.10 Å². The maximum Gasteiger partial charge on any atom is 0.328 e. The average molecular weight is 508 g/mol. The second-order valence-electron chi connectivity index (χ2n) is 8.75. The number of H-pyrrole nitrogens is 1. The molecule has 1 aliphatic carbocycles. The highest BCUT2D eigenvalue weighted by molar-refractivity contribution is 14.1. The fourth-order valence-electron chi connectivity index (χ4n) is 3.08. The first-order valence-corrected chi connectivity index (χ1v) is 13.1. The van der Waals surface area contributed by atoms with Gasteiger partial charge in [-0.2, -0.15) is 0 Å². The Kier molecular flexibility index (Phi) is 6.79. The zero-order chi connectivity index (χ0) is 20.6. The molecule has 0 spiro atoms. The number of hydrogen-bond donors (Lipinski definition) is 1. The molecule has 1 unspecified atom stereocenters. The van der Waals surface area contributed by atoms with Crippen molar-refractivity contribution in [2.24, 2.45) is 5.92 Å². The summed E-state index contributed by atoms with van der Waals surface area (Å²) < 4.78 is 13.9. The second-order valence-corrected chi connectivity index (χ2v) is 14.7. The Balaban J connectivity index is 2.21. The summed E-state index contributed by atoms with van der Waals surface area (Å²) in [6.45, 7) is 12.8. The van der Waals surface area contributed by atoms with Gasteiger partial charge in [0.15, 0.2) is 8.32 Å². The zero-order valence-corrected chi connectivity index (χ0v) is 20.0. The van der Waals surface area contributed by atoms with Gasteiger partial charge in [0.05, 0.1) is 3.57 Å². The van der Waals surface area contributed by atoms with E-state index in [2.05, 4.69) is 38.8 Å². The first-order chi connectivity index (χ1) is 12.3. The molecule has 27 heavy (non-hydrogen) atoms. The van der Waals surface area contributed by atoms with E-state index < -0.39 is 14.0 Å². The minimum Gasteiger partial charge on any atom is -0.462 e. The van der Waals surface area contributed by atoms with Crippen LogP contribution in [0.2, 0.25) is 18.1 Å². The smallest absolute Gasteiger partial charge is 0.328 e. The van der Waals surface area contributed by atoms with Crippen LogP contribution in [0.4, 0.5) is 0 Å². The molecule has 1 fully saturated rings. The number of carbonyl (C=O) groups excluding carboxylic acids is 1. The van der Waals surface area contributed by atoms with Crippen molar-refractivity contribution >= 4 is 36.9 Å². The molecule has 1 heterocycles. The lowest BCUT2D eigenvalue weighted by Crippen LogP contribution is -2.42. The van der Waals surface area contributed by atoms with Crippen LogP contribution in [0.3, 0.4) is 0 Å². The number of nitrogens with one attached hydrogen (secondary N) is 1. The van der Waals surface area contributed by atoms with Gasteiger partial charge in [0.2, 0.25) is 0 Å². The maximum absolute atomic E-state index is 12.2. The lowest BCUT2D eigenvalue weighted by Gasteiger charge is -2.37. The normalized spacial score (nSPS) is 23.4. The standard InChI is InChI=1S/C18H29IN2O5Si/c1-11(22)26-15-8-13(21-9-14(19)16(23)20-17(21)24)7-12(15)10-25-27(5,6)18(2,3)4/h9,12-13,15H,7-8,10H2,1-6H3,(H,20,23,24)/t12-,13?,15-/m1/s1. The molecule has 1 N–H and O–H groups in total. The third-order valence-electron chi connectivity index (χ3n) is 5.70. The fraction of sp³-hybridized carbons (Fsp3) is 0.722. The number of aromatic nitrogens is 2. The van der Waals surface area contributed by atoms with Crippen LogP contribution in [0.5, 0.6) is 0 Å². The molecule has 0 radical (unpaired) electrons. The summed E-state index contributed by atoms with van der Waals surface area (Å²) >= 11 is 1.91. The monoisotopic (exact) mass is 508 g/mol. The van der Waals surface area contributed by atoms with Crippen molar-refractivity contribution in [3.8, 4) is 0 Å². The Morgan fingerprint density at radius 2 is 1.96 bits per heavy atom. The molecule has 0 aliphatic heterocycles. The summed E-state index contributed by atoms with van der Waals surface area (Å²) in [5, 5.41) is 0.0912. The minimum absolute atomic E-state index is 0.0181. The van der Waals surface area contributed by atoms with Crippen molar-refractivity contribution in [3.05, 3.63) is 30.6 Å². The zero-order valence-electron chi connectivity index (χ0n) is 16.8. The highest BCUT2D eigenvalue weighted by Crippen LogP contribution is 2.40. The number of carbonyl (C=O) groups is 1. The van der Waals surface area contributed by atoms with Crippen molar-refractivity contribution in [2.75, 3.05) is 6.61 Å². The van der Waals surface area contributed by atoms with E-state index in [1.165, 1.54) is 6.92 Å². The quantitative estimate of drug-likeness (QED) is 0.375.